The zero-order valence-electron chi connectivity index (χ0n) is 8.34. The van der Waals surface area contributed by atoms with Gasteiger partial charge in [-0.15, -0.1) is 0 Å². The van der Waals surface area contributed by atoms with E-state index in [4.69, 9.17) is 4.74 Å². The van der Waals surface area contributed by atoms with Crippen molar-refractivity contribution < 1.29 is 9.53 Å². The van der Waals surface area contributed by atoms with Gasteiger partial charge >= 0.3 is 5.97 Å². The molecule has 1 unspecified atom stereocenters. The molecule has 0 amide bonds. The number of rotatable bonds is 1. The Morgan fingerprint density at radius 2 is 2.23 bits per heavy atom. The third-order valence-electron chi connectivity index (χ3n) is 3.76. The lowest BCUT2D eigenvalue weighted by molar-refractivity contribution is -0.174. The monoisotopic (exact) mass is 182 g/mol. The fraction of sp³-hybridized carbons (Fsp3) is 0.909. The van der Waals surface area contributed by atoms with Crippen LogP contribution in [0.1, 0.15) is 51.9 Å². The Bertz CT molecular complexity index is 208. The smallest absolute Gasteiger partial charge is 0.312 e. The summed E-state index contributed by atoms with van der Waals surface area (Å²) in [7, 11) is 0. The molecule has 74 valence electrons. The summed E-state index contributed by atoms with van der Waals surface area (Å²) >= 11 is 0. The van der Waals surface area contributed by atoms with E-state index in [-0.39, 0.29) is 17.5 Å². The number of ether oxygens (including phenoxy) is 1. The van der Waals surface area contributed by atoms with E-state index in [0.717, 1.165) is 32.1 Å². The minimum absolute atomic E-state index is 0.0888. The molecule has 2 aliphatic heterocycles. The summed E-state index contributed by atoms with van der Waals surface area (Å²) in [6.07, 6.45) is 7.94. The second kappa shape index (κ2) is 3.32. The Labute approximate surface area is 79.7 Å². The van der Waals surface area contributed by atoms with Gasteiger partial charge in [0.1, 0.15) is 6.10 Å². The van der Waals surface area contributed by atoms with Crippen LogP contribution in [0.15, 0.2) is 0 Å². The van der Waals surface area contributed by atoms with Crippen molar-refractivity contribution in [1.29, 1.82) is 0 Å². The lowest BCUT2D eigenvalue weighted by Gasteiger charge is -2.40. The van der Waals surface area contributed by atoms with Crippen LogP contribution < -0.4 is 0 Å². The molecule has 2 heterocycles. The van der Waals surface area contributed by atoms with Crippen LogP contribution in [0.4, 0.5) is 0 Å². The van der Waals surface area contributed by atoms with E-state index in [9.17, 15) is 4.79 Å². The number of hydrogen-bond donors (Lipinski definition) is 0. The SMILES string of the molecule is CCC12CCCC[C@@H](CC1)OC2=O. The molecule has 1 aliphatic carbocycles. The molecule has 3 fully saturated rings. The first-order chi connectivity index (χ1) is 6.27. The summed E-state index contributed by atoms with van der Waals surface area (Å²) in [5.41, 5.74) is -0.100. The van der Waals surface area contributed by atoms with Crippen LogP contribution in [0.3, 0.4) is 0 Å². The van der Waals surface area contributed by atoms with Crippen LogP contribution in [0.2, 0.25) is 0 Å². The van der Waals surface area contributed by atoms with Crippen molar-refractivity contribution in [2.75, 3.05) is 0 Å². The number of carbonyl (C=O) groups excluding carboxylic acids is 1. The second-order valence-corrected chi connectivity index (χ2v) is 4.45. The Morgan fingerprint density at radius 1 is 1.38 bits per heavy atom. The van der Waals surface area contributed by atoms with Crippen LogP contribution in [0.5, 0.6) is 0 Å². The van der Waals surface area contributed by atoms with Crippen molar-refractivity contribution >= 4 is 5.97 Å². The van der Waals surface area contributed by atoms with E-state index in [1.807, 2.05) is 0 Å². The highest BCUT2D eigenvalue weighted by Crippen LogP contribution is 2.43. The van der Waals surface area contributed by atoms with Gasteiger partial charge in [-0.2, -0.15) is 0 Å². The highest BCUT2D eigenvalue weighted by atomic mass is 16.5. The van der Waals surface area contributed by atoms with Gasteiger partial charge in [-0.3, -0.25) is 4.79 Å². The Hall–Kier alpha value is -0.530. The molecular formula is C11H18O2. The Morgan fingerprint density at radius 3 is 2.92 bits per heavy atom. The van der Waals surface area contributed by atoms with Gasteiger partial charge < -0.3 is 4.74 Å². The van der Waals surface area contributed by atoms with Crippen molar-refractivity contribution in [1.82, 2.24) is 0 Å². The summed E-state index contributed by atoms with van der Waals surface area (Å²) < 4.78 is 5.45. The largest absolute Gasteiger partial charge is 0.462 e. The van der Waals surface area contributed by atoms with Crippen LogP contribution in [-0.2, 0) is 9.53 Å². The van der Waals surface area contributed by atoms with Crippen LogP contribution in [0, 0.1) is 5.41 Å². The first-order valence-corrected chi connectivity index (χ1v) is 5.48. The lowest BCUT2D eigenvalue weighted by Crippen LogP contribution is -2.42. The number of esters is 1. The zero-order valence-corrected chi connectivity index (χ0v) is 8.34. The molecule has 2 atom stereocenters. The van der Waals surface area contributed by atoms with Crippen molar-refractivity contribution in [3.8, 4) is 0 Å². The fourth-order valence-corrected chi connectivity index (χ4v) is 2.64. The molecule has 0 spiro atoms. The normalized spacial score (nSPS) is 39.5. The number of hydrogen-bond acceptors (Lipinski definition) is 2. The first kappa shape index (κ1) is 9.04. The lowest BCUT2D eigenvalue weighted by atomic mass is 9.72. The third kappa shape index (κ3) is 1.47. The maximum Gasteiger partial charge on any atom is 0.312 e. The number of fused-ring (bicyclic) bond motifs is 5. The quantitative estimate of drug-likeness (QED) is 0.583. The van der Waals surface area contributed by atoms with Gasteiger partial charge in [0.15, 0.2) is 0 Å². The third-order valence-corrected chi connectivity index (χ3v) is 3.76. The summed E-state index contributed by atoms with van der Waals surface area (Å²) in [6, 6.07) is 0. The van der Waals surface area contributed by atoms with E-state index in [1.54, 1.807) is 0 Å². The van der Waals surface area contributed by atoms with Gasteiger partial charge in [0, 0.05) is 0 Å². The van der Waals surface area contributed by atoms with Crippen molar-refractivity contribution in [2.45, 2.75) is 58.0 Å². The van der Waals surface area contributed by atoms with Gasteiger partial charge in [0.25, 0.3) is 0 Å². The van der Waals surface area contributed by atoms with Gasteiger partial charge in [0.05, 0.1) is 5.41 Å². The maximum atomic E-state index is 11.8. The Kier molecular flexibility index (Phi) is 2.31. The predicted octanol–water partition coefficient (Wildman–Crippen LogP) is 2.66. The van der Waals surface area contributed by atoms with Crippen molar-refractivity contribution in [3.05, 3.63) is 0 Å². The van der Waals surface area contributed by atoms with E-state index >= 15 is 0 Å². The molecule has 2 bridgehead atoms. The minimum atomic E-state index is -0.100. The minimum Gasteiger partial charge on any atom is -0.462 e. The molecule has 0 N–H and O–H groups in total. The van der Waals surface area contributed by atoms with Crippen LogP contribution in [0.25, 0.3) is 0 Å². The topological polar surface area (TPSA) is 26.3 Å². The highest BCUT2D eigenvalue weighted by molar-refractivity contribution is 5.77. The van der Waals surface area contributed by atoms with Gasteiger partial charge in [-0.25, -0.2) is 0 Å². The predicted molar refractivity (Wildman–Crippen MR) is 50.3 cm³/mol. The molecular weight excluding hydrogens is 164 g/mol. The second-order valence-electron chi connectivity index (χ2n) is 4.45. The van der Waals surface area contributed by atoms with Gasteiger partial charge in [-0.1, -0.05) is 13.3 Å². The summed E-state index contributed by atoms with van der Waals surface area (Å²) in [5, 5.41) is 0. The molecule has 1 saturated carbocycles. The molecule has 0 aromatic heterocycles. The van der Waals surface area contributed by atoms with Crippen LogP contribution >= 0.6 is 0 Å². The molecule has 3 aliphatic rings. The van der Waals surface area contributed by atoms with Crippen molar-refractivity contribution in [3.63, 3.8) is 0 Å². The van der Waals surface area contributed by atoms with E-state index in [0.29, 0.717) is 0 Å². The molecule has 2 heteroatoms. The Balaban J connectivity index is 2.19. The van der Waals surface area contributed by atoms with E-state index in [1.165, 1.54) is 12.8 Å². The number of carbonyl (C=O) groups is 1. The molecule has 0 aromatic carbocycles. The summed E-state index contributed by atoms with van der Waals surface area (Å²) in [5.74, 6) is 0.0888. The molecule has 2 nitrogen and oxygen atoms in total. The molecule has 3 rings (SSSR count). The van der Waals surface area contributed by atoms with E-state index < -0.39 is 0 Å². The van der Waals surface area contributed by atoms with Gasteiger partial charge in [0.2, 0.25) is 0 Å². The average Bonchev–Trinajstić information content (AvgIpc) is 2.10. The molecule has 0 radical (unpaired) electrons. The van der Waals surface area contributed by atoms with Crippen LogP contribution in [-0.4, -0.2) is 12.1 Å². The molecule has 0 aromatic rings. The zero-order chi connectivity index (χ0) is 9.31. The summed E-state index contributed by atoms with van der Waals surface area (Å²) in [6.45, 7) is 2.11. The van der Waals surface area contributed by atoms with Gasteiger partial charge in [-0.05, 0) is 38.5 Å². The average molecular weight is 182 g/mol. The highest BCUT2D eigenvalue weighted by Gasteiger charge is 2.43. The fourth-order valence-electron chi connectivity index (χ4n) is 2.64. The summed E-state index contributed by atoms with van der Waals surface area (Å²) in [4.78, 5) is 11.8. The molecule has 13 heavy (non-hydrogen) atoms. The van der Waals surface area contributed by atoms with Crippen molar-refractivity contribution in [2.24, 2.45) is 5.41 Å². The molecule has 2 saturated heterocycles. The standard InChI is InChI=1S/C11H18O2/c1-2-11-7-4-3-5-9(6-8-11)13-10(11)12/h9H,2-8H2,1H3/t9-,11?/m0/s1. The van der Waals surface area contributed by atoms with E-state index in [2.05, 4.69) is 6.92 Å². The first-order valence-electron chi connectivity index (χ1n) is 5.48. The maximum absolute atomic E-state index is 11.8.